The number of aromatic nitrogens is 1. The van der Waals surface area contributed by atoms with Crippen molar-refractivity contribution in [2.24, 2.45) is 0 Å². The van der Waals surface area contributed by atoms with E-state index in [0.29, 0.717) is 0 Å². The summed E-state index contributed by atoms with van der Waals surface area (Å²) in [5, 5.41) is -0.0752. The predicted octanol–water partition coefficient (Wildman–Crippen LogP) is 2.94. The lowest BCUT2D eigenvalue weighted by molar-refractivity contribution is -0.132. The van der Waals surface area contributed by atoms with Gasteiger partial charge in [0.15, 0.2) is 4.34 Å². The Morgan fingerprint density at radius 3 is 2.73 bits per heavy atom. The molecule has 1 aromatic carbocycles. The van der Waals surface area contributed by atoms with E-state index in [1.165, 1.54) is 4.70 Å². The molecule has 1 aliphatic heterocycles. The summed E-state index contributed by atoms with van der Waals surface area (Å²) in [6.45, 7) is 8.89. The molecular weight excluding hydrogens is 314 g/mol. The lowest BCUT2D eigenvalue weighted by atomic mass is 10.3. The summed E-state index contributed by atoms with van der Waals surface area (Å²) in [4.78, 5) is 21.6. The Kier molecular flexibility index (Phi) is 5.00. The monoisotopic (exact) mass is 335 g/mol. The van der Waals surface area contributed by atoms with Crippen molar-refractivity contribution in [3.8, 4) is 0 Å². The zero-order chi connectivity index (χ0) is 15.5. The second-order valence-corrected chi connectivity index (χ2v) is 8.09. The fourth-order valence-corrected chi connectivity index (χ4v) is 4.94. The van der Waals surface area contributed by atoms with Gasteiger partial charge in [0.05, 0.1) is 15.5 Å². The zero-order valence-corrected chi connectivity index (χ0v) is 14.6. The molecule has 0 spiro atoms. The summed E-state index contributed by atoms with van der Waals surface area (Å²) in [5.74, 6) is 0.236. The number of rotatable bonds is 4. The first-order valence-corrected chi connectivity index (χ1v) is 9.40. The van der Waals surface area contributed by atoms with Crippen LogP contribution in [-0.4, -0.2) is 58.7 Å². The van der Waals surface area contributed by atoms with E-state index in [2.05, 4.69) is 22.9 Å². The number of thiazole rings is 1. The third kappa shape index (κ3) is 3.45. The van der Waals surface area contributed by atoms with E-state index >= 15 is 0 Å². The van der Waals surface area contributed by atoms with Crippen LogP contribution in [0.3, 0.4) is 0 Å². The highest BCUT2D eigenvalue weighted by Crippen LogP contribution is 2.32. The number of para-hydroxylation sites is 1. The third-order valence-corrected chi connectivity index (χ3v) is 6.25. The molecular formula is C16H21N3OS2. The van der Waals surface area contributed by atoms with Gasteiger partial charge in [0, 0.05) is 26.2 Å². The van der Waals surface area contributed by atoms with Crippen molar-refractivity contribution < 1.29 is 4.79 Å². The molecule has 3 rings (SSSR count). The summed E-state index contributed by atoms with van der Waals surface area (Å²) in [6.07, 6.45) is 0. The van der Waals surface area contributed by atoms with Crippen LogP contribution in [0.5, 0.6) is 0 Å². The number of carbonyl (C=O) groups excluding carboxylic acids is 1. The molecule has 0 aliphatic carbocycles. The van der Waals surface area contributed by atoms with Crippen molar-refractivity contribution in [2.45, 2.75) is 23.4 Å². The number of likely N-dealkylation sites (N-methyl/N-ethyl adjacent to an activating group) is 1. The van der Waals surface area contributed by atoms with E-state index in [9.17, 15) is 4.79 Å². The largest absolute Gasteiger partial charge is 0.339 e. The molecule has 118 valence electrons. The van der Waals surface area contributed by atoms with Gasteiger partial charge in [0.1, 0.15) is 0 Å². The smallest absolute Gasteiger partial charge is 0.235 e. The van der Waals surface area contributed by atoms with Crippen molar-refractivity contribution in [1.82, 2.24) is 14.8 Å². The maximum Gasteiger partial charge on any atom is 0.235 e. The lowest BCUT2D eigenvalue weighted by Crippen LogP contribution is -2.50. The third-order valence-electron chi connectivity index (χ3n) is 4.03. The van der Waals surface area contributed by atoms with Crippen molar-refractivity contribution in [3.63, 3.8) is 0 Å². The van der Waals surface area contributed by atoms with Gasteiger partial charge in [0.2, 0.25) is 5.91 Å². The highest BCUT2D eigenvalue weighted by atomic mass is 32.2. The van der Waals surface area contributed by atoms with Gasteiger partial charge in [-0.25, -0.2) is 4.98 Å². The summed E-state index contributed by atoms with van der Waals surface area (Å²) in [6, 6.07) is 8.12. The molecule has 2 heterocycles. The minimum absolute atomic E-state index is 0.0752. The number of amides is 1. The van der Waals surface area contributed by atoms with E-state index in [1.54, 1.807) is 23.1 Å². The Morgan fingerprint density at radius 2 is 2.05 bits per heavy atom. The molecule has 1 unspecified atom stereocenters. The van der Waals surface area contributed by atoms with E-state index in [0.717, 1.165) is 42.6 Å². The van der Waals surface area contributed by atoms with Crippen molar-refractivity contribution in [1.29, 1.82) is 0 Å². The minimum Gasteiger partial charge on any atom is -0.339 e. The Bertz CT molecular complexity index is 617. The van der Waals surface area contributed by atoms with E-state index in [4.69, 9.17) is 0 Å². The Hall–Kier alpha value is -1.11. The number of piperazine rings is 1. The van der Waals surface area contributed by atoms with Gasteiger partial charge in [-0.2, -0.15) is 0 Å². The van der Waals surface area contributed by atoms with E-state index in [-0.39, 0.29) is 11.2 Å². The molecule has 1 atom stereocenters. The summed E-state index contributed by atoms with van der Waals surface area (Å²) in [7, 11) is 0. The quantitative estimate of drug-likeness (QED) is 0.805. The standard InChI is InChI=1S/C16H21N3OS2/c1-3-18-8-10-19(11-9-18)15(20)12(2)21-16-17-13-6-4-5-7-14(13)22-16/h4-7,12H,3,8-11H2,1-2H3. The molecule has 1 amide bonds. The van der Waals surface area contributed by atoms with Gasteiger partial charge in [-0.1, -0.05) is 30.8 Å². The Balaban J connectivity index is 1.61. The molecule has 1 fully saturated rings. The van der Waals surface area contributed by atoms with Crippen LogP contribution in [0.1, 0.15) is 13.8 Å². The topological polar surface area (TPSA) is 36.4 Å². The van der Waals surface area contributed by atoms with Gasteiger partial charge in [0.25, 0.3) is 0 Å². The lowest BCUT2D eigenvalue weighted by Gasteiger charge is -2.35. The number of carbonyl (C=O) groups is 1. The van der Waals surface area contributed by atoms with Gasteiger partial charge in [-0.05, 0) is 25.6 Å². The maximum absolute atomic E-state index is 12.6. The van der Waals surface area contributed by atoms with Crippen LogP contribution in [-0.2, 0) is 4.79 Å². The van der Waals surface area contributed by atoms with Crippen molar-refractivity contribution in [2.75, 3.05) is 32.7 Å². The molecule has 2 aromatic rings. The Labute approximate surface area is 139 Å². The molecule has 0 bridgehead atoms. The number of hydrogen-bond donors (Lipinski definition) is 0. The molecule has 1 saturated heterocycles. The predicted molar refractivity (Wildman–Crippen MR) is 93.6 cm³/mol. The van der Waals surface area contributed by atoms with Crippen LogP contribution in [0.2, 0.25) is 0 Å². The fourth-order valence-electron chi connectivity index (χ4n) is 2.64. The van der Waals surface area contributed by atoms with Gasteiger partial charge in [-0.15, -0.1) is 11.3 Å². The summed E-state index contributed by atoms with van der Waals surface area (Å²) >= 11 is 3.25. The second kappa shape index (κ2) is 6.98. The summed E-state index contributed by atoms with van der Waals surface area (Å²) in [5.41, 5.74) is 1.02. The van der Waals surface area contributed by atoms with Gasteiger partial charge < -0.3 is 9.80 Å². The average Bonchev–Trinajstić information content (AvgIpc) is 2.96. The molecule has 22 heavy (non-hydrogen) atoms. The van der Waals surface area contributed by atoms with Crippen LogP contribution in [0.4, 0.5) is 0 Å². The highest BCUT2D eigenvalue weighted by Gasteiger charge is 2.25. The SMILES string of the molecule is CCN1CCN(C(=O)C(C)Sc2nc3ccccc3s2)CC1. The first-order chi connectivity index (χ1) is 10.7. The van der Waals surface area contributed by atoms with Crippen LogP contribution in [0, 0.1) is 0 Å². The summed E-state index contributed by atoms with van der Waals surface area (Å²) < 4.78 is 2.16. The highest BCUT2D eigenvalue weighted by molar-refractivity contribution is 8.02. The minimum atomic E-state index is -0.0752. The van der Waals surface area contributed by atoms with Gasteiger partial charge in [-0.3, -0.25) is 4.79 Å². The number of hydrogen-bond acceptors (Lipinski definition) is 5. The maximum atomic E-state index is 12.6. The second-order valence-electron chi connectivity index (χ2n) is 5.47. The van der Waals surface area contributed by atoms with Crippen LogP contribution in [0.25, 0.3) is 10.2 Å². The first-order valence-electron chi connectivity index (χ1n) is 7.70. The van der Waals surface area contributed by atoms with Crippen LogP contribution in [0.15, 0.2) is 28.6 Å². The molecule has 0 radical (unpaired) electrons. The van der Waals surface area contributed by atoms with Crippen LogP contribution >= 0.6 is 23.1 Å². The number of fused-ring (bicyclic) bond motifs is 1. The molecule has 0 N–H and O–H groups in total. The molecule has 0 saturated carbocycles. The zero-order valence-electron chi connectivity index (χ0n) is 13.0. The van der Waals surface area contributed by atoms with Gasteiger partial charge >= 0.3 is 0 Å². The molecule has 6 heteroatoms. The van der Waals surface area contributed by atoms with E-state index in [1.807, 2.05) is 30.0 Å². The first kappa shape index (κ1) is 15.8. The fraction of sp³-hybridized carbons (Fsp3) is 0.500. The van der Waals surface area contributed by atoms with Crippen LogP contribution < -0.4 is 0 Å². The number of thioether (sulfide) groups is 1. The van der Waals surface area contributed by atoms with Crippen molar-refractivity contribution >= 4 is 39.2 Å². The van der Waals surface area contributed by atoms with E-state index < -0.39 is 0 Å². The molecule has 1 aliphatic rings. The van der Waals surface area contributed by atoms with Crippen molar-refractivity contribution in [3.05, 3.63) is 24.3 Å². The molecule has 4 nitrogen and oxygen atoms in total. The number of nitrogens with zero attached hydrogens (tertiary/aromatic N) is 3. The normalized spacial score (nSPS) is 17.8. The Morgan fingerprint density at radius 1 is 1.32 bits per heavy atom. The average molecular weight is 335 g/mol. The molecule has 1 aromatic heterocycles. The number of benzene rings is 1.